The first kappa shape index (κ1) is 12.2. The maximum absolute atomic E-state index is 12.3. The third-order valence-electron chi connectivity index (χ3n) is 4.32. The number of H-pyrrole nitrogens is 1. The number of sulfonamides is 1. The number of nitrogens with one attached hydrogen (secondary N) is 2. The Labute approximate surface area is 108 Å². The normalized spacial score (nSPS) is 24.7. The Kier molecular flexibility index (Phi) is 2.96. The summed E-state index contributed by atoms with van der Waals surface area (Å²) in [7, 11) is -3.28. The number of piperidine rings is 1. The van der Waals surface area contributed by atoms with E-state index < -0.39 is 10.0 Å². The summed E-state index contributed by atoms with van der Waals surface area (Å²) in [6, 6.07) is 1.62. The van der Waals surface area contributed by atoms with Crippen molar-refractivity contribution in [2.75, 3.05) is 26.2 Å². The largest absolute Gasteiger partial charge is 0.366 e. The number of nitrogens with zero attached hydrogens (tertiary/aromatic N) is 1. The van der Waals surface area contributed by atoms with E-state index in [2.05, 4.69) is 10.3 Å². The van der Waals surface area contributed by atoms with Gasteiger partial charge in [0.2, 0.25) is 10.0 Å². The maximum atomic E-state index is 12.3. The van der Waals surface area contributed by atoms with Crippen LogP contribution in [0.2, 0.25) is 0 Å². The molecule has 2 aliphatic rings. The van der Waals surface area contributed by atoms with Gasteiger partial charge in [0.25, 0.3) is 0 Å². The van der Waals surface area contributed by atoms with Crippen LogP contribution >= 0.6 is 0 Å². The molecule has 0 aliphatic carbocycles. The molecule has 1 aromatic rings. The highest BCUT2D eigenvalue weighted by Crippen LogP contribution is 2.38. The molecule has 0 radical (unpaired) electrons. The summed E-state index contributed by atoms with van der Waals surface area (Å²) < 4.78 is 26.3. The Hall–Kier alpha value is -0.850. The Balaban J connectivity index is 1.73. The first-order chi connectivity index (χ1) is 8.62. The van der Waals surface area contributed by atoms with Crippen molar-refractivity contribution in [3.05, 3.63) is 18.5 Å². The summed E-state index contributed by atoms with van der Waals surface area (Å²) in [4.78, 5) is 3.19. The molecular weight excluding hydrogens is 250 g/mol. The first-order valence-corrected chi connectivity index (χ1v) is 7.90. The lowest BCUT2D eigenvalue weighted by molar-refractivity contribution is 0.175. The topological polar surface area (TPSA) is 65.2 Å². The summed E-state index contributed by atoms with van der Waals surface area (Å²) in [5, 5.41) is 3.39. The van der Waals surface area contributed by atoms with Gasteiger partial charge in [-0.2, -0.15) is 4.31 Å². The standard InChI is InChI=1S/C12H19N3O2S/c16-18(17,11-1-5-13-9-11)15-7-3-12(4-8-15)2-6-14-10-12/h1,5,9,13-14H,2-4,6-8,10H2. The van der Waals surface area contributed by atoms with Crippen LogP contribution in [0.1, 0.15) is 19.3 Å². The highest BCUT2D eigenvalue weighted by atomic mass is 32.2. The monoisotopic (exact) mass is 269 g/mol. The Morgan fingerprint density at radius 1 is 1.22 bits per heavy atom. The molecule has 2 aliphatic heterocycles. The fourth-order valence-corrected chi connectivity index (χ4v) is 4.46. The Morgan fingerprint density at radius 3 is 2.56 bits per heavy atom. The minimum Gasteiger partial charge on any atom is -0.366 e. The van der Waals surface area contributed by atoms with Crippen LogP contribution in [0.5, 0.6) is 0 Å². The lowest BCUT2D eigenvalue weighted by atomic mass is 9.78. The van der Waals surface area contributed by atoms with Crippen LogP contribution in [-0.4, -0.2) is 43.9 Å². The summed E-state index contributed by atoms with van der Waals surface area (Å²) >= 11 is 0. The molecule has 0 bridgehead atoms. The first-order valence-electron chi connectivity index (χ1n) is 6.46. The van der Waals surface area contributed by atoms with E-state index in [1.165, 1.54) is 6.42 Å². The number of rotatable bonds is 2. The Bertz CT molecular complexity index is 493. The molecule has 2 fully saturated rings. The van der Waals surface area contributed by atoms with Crippen molar-refractivity contribution in [3.8, 4) is 0 Å². The SMILES string of the molecule is O=S(=O)(c1cc[nH]c1)N1CCC2(CCNC2)CC1. The summed E-state index contributed by atoms with van der Waals surface area (Å²) in [6.07, 6.45) is 6.34. The minimum absolute atomic E-state index is 0.351. The van der Waals surface area contributed by atoms with E-state index in [1.807, 2.05) is 0 Å². The van der Waals surface area contributed by atoms with Gasteiger partial charge >= 0.3 is 0 Å². The van der Waals surface area contributed by atoms with Crippen LogP contribution in [0.15, 0.2) is 23.4 Å². The van der Waals surface area contributed by atoms with E-state index in [0.29, 0.717) is 23.4 Å². The fraction of sp³-hybridized carbons (Fsp3) is 0.667. The number of aromatic nitrogens is 1. The van der Waals surface area contributed by atoms with Crippen molar-refractivity contribution in [1.82, 2.24) is 14.6 Å². The number of aromatic amines is 1. The van der Waals surface area contributed by atoms with Crippen molar-refractivity contribution >= 4 is 10.0 Å². The van der Waals surface area contributed by atoms with Crippen molar-refractivity contribution < 1.29 is 8.42 Å². The second kappa shape index (κ2) is 4.36. The molecule has 18 heavy (non-hydrogen) atoms. The smallest absolute Gasteiger partial charge is 0.244 e. The predicted octanol–water partition coefficient (Wildman–Crippen LogP) is 0.779. The average molecular weight is 269 g/mol. The molecule has 1 aromatic heterocycles. The van der Waals surface area contributed by atoms with E-state index >= 15 is 0 Å². The maximum Gasteiger partial charge on any atom is 0.244 e. The third-order valence-corrected chi connectivity index (χ3v) is 6.22. The summed E-state index contributed by atoms with van der Waals surface area (Å²) in [5.41, 5.74) is 0.351. The number of hydrogen-bond donors (Lipinski definition) is 2. The van der Waals surface area contributed by atoms with Gasteiger partial charge in [0.15, 0.2) is 0 Å². The molecule has 0 amide bonds. The fourth-order valence-electron chi connectivity index (χ4n) is 3.04. The van der Waals surface area contributed by atoms with Crippen molar-refractivity contribution in [2.45, 2.75) is 24.2 Å². The minimum atomic E-state index is -3.28. The second-order valence-corrected chi connectivity index (χ2v) is 7.32. The quantitative estimate of drug-likeness (QED) is 0.834. The molecule has 2 saturated heterocycles. The third kappa shape index (κ3) is 1.98. The lowest BCUT2D eigenvalue weighted by Crippen LogP contribution is -2.43. The second-order valence-electron chi connectivity index (χ2n) is 5.38. The molecule has 100 valence electrons. The van der Waals surface area contributed by atoms with Crippen molar-refractivity contribution in [1.29, 1.82) is 0 Å². The van der Waals surface area contributed by atoms with Crippen LogP contribution < -0.4 is 5.32 Å². The molecule has 3 rings (SSSR count). The van der Waals surface area contributed by atoms with Gasteiger partial charge in [0, 0.05) is 32.0 Å². The van der Waals surface area contributed by atoms with Crippen molar-refractivity contribution in [2.24, 2.45) is 5.41 Å². The van der Waals surface area contributed by atoms with Gasteiger partial charge in [0.1, 0.15) is 0 Å². The van der Waals surface area contributed by atoms with Crippen LogP contribution in [0, 0.1) is 5.41 Å². The molecule has 5 nitrogen and oxygen atoms in total. The molecule has 0 saturated carbocycles. The summed E-state index contributed by atoms with van der Waals surface area (Å²) in [5.74, 6) is 0. The Morgan fingerprint density at radius 2 is 2.00 bits per heavy atom. The average Bonchev–Trinajstić information content (AvgIpc) is 3.01. The predicted molar refractivity (Wildman–Crippen MR) is 68.7 cm³/mol. The van der Waals surface area contributed by atoms with Crippen LogP contribution in [0.4, 0.5) is 0 Å². The van der Waals surface area contributed by atoms with E-state index in [-0.39, 0.29) is 0 Å². The molecular formula is C12H19N3O2S. The van der Waals surface area contributed by atoms with E-state index in [9.17, 15) is 8.42 Å². The molecule has 2 N–H and O–H groups in total. The lowest BCUT2D eigenvalue weighted by Gasteiger charge is -2.37. The van der Waals surface area contributed by atoms with Gasteiger partial charge in [-0.25, -0.2) is 8.42 Å². The molecule has 3 heterocycles. The number of hydrogen-bond acceptors (Lipinski definition) is 3. The van der Waals surface area contributed by atoms with Gasteiger partial charge in [0.05, 0.1) is 4.90 Å². The van der Waals surface area contributed by atoms with E-state index in [0.717, 1.165) is 25.9 Å². The van der Waals surface area contributed by atoms with Gasteiger partial charge < -0.3 is 10.3 Å². The van der Waals surface area contributed by atoms with E-state index in [1.54, 1.807) is 22.8 Å². The molecule has 0 aromatic carbocycles. The summed E-state index contributed by atoms with van der Waals surface area (Å²) in [6.45, 7) is 3.42. The molecule has 0 unspecified atom stereocenters. The molecule has 1 spiro atoms. The van der Waals surface area contributed by atoms with Crippen LogP contribution in [0.25, 0.3) is 0 Å². The highest BCUT2D eigenvalue weighted by molar-refractivity contribution is 7.89. The van der Waals surface area contributed by atoms with Gasteiger partial charge in [-0.05, 0) is 37.3 Å². The molecule has 0 atom stereocenters. The zero-order chi connectivity index (χ0) is 12.6. The van der Waals surface area contributed by atoms with Crippen LogP contribution in [0.3, 0.4) is 0 Å². The zero-order valence-electron chi connectivity index (χ0n) is 10.4. The van der Waals surface area contributed by atoms with Crippen LogP contribution in [-0.2, 0) is 10.0 Å². The van der Waals surface area contributed by atoms with Crippen molar-refractivity contribution in [3.63, 3.8) is 0 Å². The zero-order valence-corrected chi connectivity index (χ0v) is 11.2. The highest BCUT2D eigenvalue weighted by Gasteiger charge is 2.40. The van der Waals surface area contributed by atoms with Gasteiger partial charge in [-0.1, -0.05) is 0 Å². The molecule has 6 heteroatoms. The van der Waals surface area contributed by atoms with Gasteiger partial charge in [-0.3, -0.25) is 0 Å². The van der Waals surface area contributed by atoms with E-state index in [4.69, 9.17) is 0 Å². The van der Waals surface area contributed by atoms with Gasteiger partial charge in [-0.15, -0.1) is 0 Å².